The van der Waals surface area contributed by atoms with Crippen molar-refractivity contribution in [1.29, 1.82) is 5.26 Å². The number of methoxy groups -OCH3 is 1. The molecule has 0 N–H and O–H groups in total. The van der Waals surface area contributed by atoms with Crippen LogP contribution in [0.3, 0.4) is 0 Å². The van der Waals surface area contributed by atoms with Crippen molar-refractivity contribution in [3.8, 4) is 11.8 Å². The lowest BCUT2D eigenvalue weighted by Crippen LogP contribution is -1.90. The largest absolute Gasteiger partial charge is 0.494 e. The Morgan fingerprint density at radius 2 is 2.46 bits per heavy atom. The number of rotatable bonds is 1. The van der Waals surface area contributed by atoms with Crippen molar-refractivity contribution in [3.05, 3.63) is 30.4 Å². The summed E-state index contributed by atoms with van der Waals surface area (Å²) in [5.74, 6) is 0.663. The van der Waals surface area contributed by atoms with Crippen molar-refractivity contribution in [2.75, 3.05) is 7.11 Å². The number of hydrogen-bond acceptors (Lipinski definition) is 3. The van der Waals surface area contributed by atoms with Crippen LogP contribution in [0.5, 0.6) is 5.75 Å². The molecule has 0 bridgehead atoms. The molecule has 0 spiro atoms. The van der Waals surface area contributed by atoms with E-state index in [2.05, 4.69) is 11.1 Å². The predicted octanol–water partition coefficient (Wildman–Crippen LogP) is 1.21. The van der Waals surface area contributed by atoms with Gasteiger partial charge in [-0.3, -0.25) is 0 Å². The van der Waals surface area contributed by atoms with E-state index < -0.39 is 0 Å². The Balaban J connectivity index is 2.79. The average molecular weight is 173 g/mol. The normalized spacial score (nSPS) is 9.85. The molecular weight excluding hydrogens is 166 g/mol. The minimum Gasteiger partial charge on any atom is -0.494 e. The lowest BCUT2D eigenvalue weighted by atomic mass is 10.3. The molecule has 13 heavy (non-hydrogen) atoms. The number of hydrogen-bond donors (Lipinski definition) is 0. The number of fused-ring (bicyclic) bond motifs is 1. The van der Waals surface area contributed by atoms with E-state index in [1.807, 2.05) is 0 Å². The lowest BCUT2D eigenvalue weighted by Gasteiger charge is -2.02. The molecule has 0 aliphatic heterocycles. The number of imidazole rings is 1. The highest BCUT2D eigenvalue weighted by molar-refractivity contribution is 5.60. The Morgan fingerprint density at radius 3 is 3.15 bits per heavy atom. The smallest absolute Gasteiger partial charge is 0.145 e. The molecule has 0 fully saturated rings. The summed E-state index contributed by atoms with van der Waals surface area (Å²) in [6.07, 6.45) is 5.05. The molecule has 0 aromatic carbocycles. The van der Waals surface area contributed by atoms with E-state index in [-0.39, 0.29) is 0 Å². The lowest BCUT2D eigenvalue weighted by molar-refractivity contribution is 0.418. The van der Waals surface area contributed by atoms with Gasteiger partial charge in [-0.05, 0) is 0 Å². The van der Waals surface area contributed by atoms with E-state index >= 15 is 0 Å². The van der Waals surface area contributed by atoms with Crippen LogP contribution < -0.4 is 4.74 Å². The van der Waals surface area contributed by atoms with Crippen molar-refractivity contribution < 1.29 is 4.74 Å². The molecule has 2 heterocycles. The van der Waals surface area contributed by atoms with E-state index in [1.165, 1.54) is 0 Å². The summed E-state index contributed by atoms with van der Waals surface area (Å²) in [4.78, 5) is 3.96. The first-order valence-corrected chi connectivity index (χ1v) is 3.75. The Bertz CT molecular complexity index is 481. The standard InChI is InChI=1S/C9H7N3O/c1-13-9-2-7(3-10)5-12-6-11-4-8(9)12/h2,4-6H,1H3. The maximum absolute atomic E-state index is 8.72. The summed E-state index contributed by atoms with van der Waals surface area (Å²) >= 11 is 0. The van der Waals surface area contributed by atoms with Crippen molar-refractivity contribution in [2.24, 2.45) is 0 Å². The second kappa shape index (κ2) is 2.79. The molecule has 0 saturated heterocycles. The highest BCUT2D eigenvalue weighted by Crippen LogP contribution is 2.20. The minimum atomic E-state index is 0.558. The zero-order valence-corrected chi connectivity index (χ0v) is 7.06. The van der Waals surface area contributed by atoms with Crippen LogP contribution in [-0.4, -0.2) is 16.5 Å². The fourth-order valence-electron chi connectivity index (χ4n) is 1.23. The van der Waals surface area contributed by atoms with Crippen LogP contribution in [0.1, 0.15) is 5.56 Å². The third kappa shape index (κ3) is 1.11. The van der Waals surface area contributed by atoms with Crippen molar-refractivity contribution in [2.45, 2.75) is 0 Å². The molecule has 64 valence electrons. The molecule has 4 heteroatoms. The zero-order valence-electron chi connectivity index (χ0n) is 7.06. The molecular formula is C9H7N3O. The predicted molar refractivity (Wildman–Crippen MR) is 46.5 cm³/mol. The summed E-state index contributed by atoms with van der Waals surface area (Å²) in [7, 11) is 1.57. The molecule has 0 radical (unpaired) electrons. The summed E-state index contributed by atoms with van der Waals surface area (Å²) < 4.78 is 6.88. The van der Waals surface area contributed by atoms with Gasteiger partial charge in [-0.15, -0.1) is 0 Å². The highest BCUT2D eigenvalue weighted by Gasteiger charge is 2.03. The molecule has 2 aromatic heterocycles. The van der Waals surface area contributed by atoms with E-state index in [9.17, 15) is 0 Å². The van der Waals surface area contributed by atoms with Gasteiger partial charge in [-0.25, -0.2) is 4.98 Å². The Labute approximate surface area is 75.0 Å². The fraction of sp³-hybridized carbons (Fsp3) is 0.111. The van der Waals surface area contributed by atoms with Gasteiger partial charge in [0.25, 0.3) is 0 Å². The first kappa shape index (κ1) is 7.62. The molecule has 4 nitrogen and oxygen atoms in total. The molecule has 0 aliphatic rings. The van der Waals surface area contributed by atoms with Gasteiger partial charge >= 0.3 is 0 Å². The second-order valence-electron chi connectivity index (χ2n) is 2.60. The SMILES string of the molecule is COc1cc(C#N)cn2cncc12. The maximum atomic E-state index is 8.72. The van der Waals surface area contributed by atoms with Crippen molar-refractivity contribution in [3.63, 3.8) is 0 Å². The quantitative estimate of drug-likeness (QED) is 0.651. The van der Waals surface area contributed by atoms with Gasteiger partial charge in [0.05, 0.1) is 25.2 Å². The van der Waals surface area contributed by atoms with Gasteiger partial charge in [0.15, 0.2) is 0 Å². The Hall–Kier alpha value is -2.02. The van der Waals surface area contributed by atoms with Gasteiger partial charge in [0.1, 0.15) is 17.3 Å². The van der Waals surface area contributed by atoms with Gasteiger partial charge in [-0.2, -0.15) is 5.26 Å². The first-order valence-electron chi connectivity index (χ1n) is 3.75. The van der Waals surface area contributed by atoms with Crippen LogP contribution in [-0.2, 0) is 0 Å². The third-order valence-corrected chi connectivity index (χ3v) is 1.83. The van der Waals surface area contributed by atoms with Crippen molar-refractivity contribution in [1.82, 2.24) is 9.38 Å². The fourth-order valence-corrected chi connectivity index (χ4v) is 1.23. The van der Waals surface area contributed by atoms with E-state index in [0.29, 0.717) is 11.3 Å². The minimum absolute atomic E-state index is 0.558. The monoisotopic (exact) mass is 173 g/mol. The van der Waals surface area contributed by atoms with Crippen LogP contribution in [0.15, 0.2) is 24.8 Å². The third-order valence-electron chi connectivity index (χ3n) is 1.83. The van der Waals surface area contributed by atoms with Gasteiger partial charge in [0, 0.05) is 12.3 Å². The number of nitrogens with zero attached hydrogens (tertiary/aromatic N) is 3. The summed E-state index contributed by atoms with van der Waals surface area (Å²) in [5, 5.41) is 8.72. The summed E-state index contributed by atoms with van der Waals surface area (Å²) in [5.41, 5.74) is 1.42. The molecule has 0 saturated carbocycles. The number of pyridine rings is 1. The highest BCUT2D eigenvalue weighted by atomic mass is 16.5. The van der Waals surface area contributed by atoms with Gasteiger partial charge < -0.3 is 9.14 Å². The molecule has 2 aromatic rings. The van der Waals surface area contributed by atoms with Crippen LogP contribution in [0.4, 0.5) is 0 Å². The van der Waals surface area contributed by atoms with Gasteiger partial charge in [0.2, 0.25) is 0 Å². The second-order valence-corrected chi connectivity index (χ2v) is 2.60. The average Bonchev–Trinajstić information content (AvgIpc) is 2.63. The van der Waals surface area contributed by atoms with Gasteiger partial charge in [-0.1, -0.05) is 0 Å². The molecule has 0 aliphatic carbocycles. The van der Waals surface area contributed by atoms with Crippen LogP contribution in [0.2, 0.25) is 0 Å². The number of nitriles is 1. The number of aromatic nitrogens is 2. The summed E-state index contributed by atoms with van der Waals surface area (Å²) in [6, 6.07) is 3.75. The summed E-state index contributed by atoms with van der Waals surface area (Å²) in [6.45, 7) is 0. The van der Waals surface area contributed by atoms with E-state index in [1.54, 1.807) is 36.3 Å². The zero-order chi connectivity index (χ0) is 9.26. The van der Waals surface area contributed by atoms with E-state index in [4.69, 9.17) is 10.00 Å². The molecule has 2 rings (SSSR count). The van der Waals surface area contributed by atoms with Crippen LogP contribution in [0.25, 0.3) is 5.52 Å². The van der Waals surface area contributed by atoms with Crippen LogP contribution >= 0.6 is 0 Å². The Kier molecular flexibility index (Phi) is 1.64. The van der Waals surface area contributed by atoms with Crippen LogP contribution in [0, 0.1) is 11.3 Å². The first-order chi connectivity index (χ1) is 6.35. The Morgan fingerprint density at radius 1 is 1.62 bits per heavy atom. The molecule has 0 atom stereocenters. The van der Waals surface area contributed by atoms with E-state index in [0.717, 1.165) is 5.52 Å². The molecule has 0 unspecified atom stereocenters. The maximum Gasteiger partial charge on any atom is 0.145 e. The molecule has 0 amide bonds. The van der Waals surface area contributed by atoms with Crippen molar-refractivity contribution >= 4 is 5.52 Å². The number of ether oxygens (including phenoxy) is 1. The topological polar surface area (TPSA) is 50.3 Å².